The SMILES string of the molecule is Cc1cc(-c2cnc3c(-c4cccc(NC(=O)NCC(F)(F)F)c4)cnn3c2)ccn1. The molecule has 3 aromatic heterocycles. The van der Waals surface area contributed by atoms with Crippen molar-refractivity contribution in [2.75, 3.05) is 11.9 Å². The smallest absolute Gasteiger partial charge is 0.329 e. The molecule has 0 spiro atoms. The third kappa shape index (κ3) is 4.80. The Balaban J connectivity index is 1.58. The van der Waals surface area contributed by atoms with Gasteiger partial charge in [0.2, 0.25) is 0 Å². The standard InChI is InChI=1S/C21H17F3N6O/c1-13-7-14(5-6-25-13)16-9-26-19-18(10-28-30(19)11-16)15-3-2-4-17(8-15)29-20(31)27-12-21(22,23)24/h2-11H,12H2,1H3,(H2,27,29,31). The largest absolute Gasteiger partial charge is 0.405 e. The van der Waals surface area contributed by atoms with Crippen LogP contribution in [0.5, 0.6) is 0 Å². The maximum Gasteiger partial charge on any atom is 0.405 e. The van der Waals surface area contributed by atoms with Gasteiger partial charge in [0.15, 0.2) is 5.65 Å². The van der Waals surface area contributed by atoms with Crippen molar-refractivity contribution in [2.45, 2.75) is 13.1 Å². The number of aromatic nitrogens is 4. The molecule has 2 amide bonds. The zero-order chi connectivity index (χ0) is 22.0. The van der Waals surface area contributed by atoms with Crippen molar-refractivity contribution < 1.29 is 18.0 Å². The summed E-state index contributed by atoms with van der Waals surface area (Å²) >= 11 is 0. The van der Waals surface area contributed by atoms with Crippen LogP contribution in [0.25, 0.3) is 27.9 Å². The highest BCUT2D eigenvalue weighted by atomic mass is 19.4. The topological polar surface area (TPSA) is 84.2 Å². The van der Waals surface area contributed by atoms with E-state index in [1.54, 1.807) is 52.7 Å². The van der Waals surface area contributed by atoms with Crippen LogP contribution >= 0.6 is 0 Å². The van der Waals surface area contributed by atoms with Crippen LogP contribution < -0.4 is 10.6 Å². The van der Waals surface area contributed by atoms with Gasteiger partial charge in [-0.2, -0.15) is 18.3 Å². The van der Waals surface area contributed by atoms with Crippen LogP contribution in [0.3, 0.4) is 0 Å². The van der Waals surface area contributed by atoms with Crippen molar-refractivity contribution in [1.82, 2.24) is 24.9 Å². The number of benzene rings is 1. The van der Waals surface area contributed by atoms with Crippen molar-refractivity contribution in [3.05, 3.63) is 66.9 Å². The summed E-state index contributed by atoms with van der Waals surface area (Å²) in [7, 11) is 0. The van der Waals surface area contributed by atoms with Gasteiger partial charge in [-0.1, -0.05) is 12.1 Å². The van der Waals surface area contributed by atoms with Crippen molar-refractivity contribution in [3.63, 3.8) is 0 Å². The molecule has 0 fully saturated rings. The van der Waals surface area contributed by atoms with Crippen LogP contribution in [0, 0.1) is 6.92 Å². The van der Waals surface area contributed by atoms with Crippen molar-refractivity contribution in [1.29, 1.82) is 0 Å². The van der Waals surface area contributed by atoms with Crippen molar-refractivity contribution in [3.8, 4) is 22.3 Å². The van der Waals surface area contributed by atoms with Gasteiger partial charge >= 0.3 is 12.2 Å². The summed E-state index contributed by atoms with van der Waals surface area (Å²) in [6, 6.07) is 9.62. The van der Waals surface area contributed by atoms with E-state index >= 15 is 0 Å². The maximum absolute atomic E-state index is 12.2. The van der Waals surface area contributed by atoms with Gasteiger partial charge in [0.05, 0.1) is 6.20 Å². The van der Waals surface area contributed by atoms with Crippen LogP contribution in [0.4, 0.5) is 23.7 Å². The molecule has 0 aliphatic carbocycles. The minimum atomic E-state index is -4.48. The second-order valence-corrected chi connectivity index (χ2v) is 6.86. The molecule has 0 saturated heterocycles. The van der Waals surface area contributed by atoms with Crippen LogP contribution in [-0.4, -0.2) is 38.3 Å². The zero-order valence-corrected chi connectivity index (χ0v) is 16.3. The number of carbonyl (C=O) groups is 1. The lowest BCUT2D eigenvalue weighted by molar-refractivity contribution is -0.122. The summed E-state index contributed by atoms with van der Waals surface area (Å²) in [5.74, 6) is 0. The zero-order valence-electron chi connectivity index (χ0n) is 16.3. The van der Waals surface area contributed by atoms with E-state index in [1.807, 2.05) is 25.3 Å². The number of amides is 2. The molecular weight excluding hydrogens is 409 g/mol. The van der Waals surface area contributed by atoms with E-state index in [9.17, 15) is 18.0 Å². The average molecular weight is 426 g/mol. The lowest BCUT2D eigenvalue weighted by Gasteiger charge is -2.10. The average Bonchev–Trinajstić information content (AvgIpc) is 3.15. The first-order valence-electron chi connectivity index (χ1n) is 9.27. The number of halogens is 3. The number of rotatable bonds is 4. The highest BCUT2D eigenvalue weighted by Gasteiger charge is 2.27. The number of nitrogens with one attached hydrogen (secondary N) is 2. The Morgan fingerprint density at radius 1 is 1.06 bits per heavy atom. The first kappa shape index (κ1) is 20.3. The van der Waals surface area contributed by atoms with Gasteiger partial charge in [0, 0.05) is 41.1 Å². The van der Waals surface area contributed by atoms with Gasteiger partial charge in [0.25, 0.3) is 0 Å². The minimum absolute atomic E-state index is 0.348. The molecular formula is C21H17F3N6O. The third-order valence-electron chi connectivity index (χ3n) is 4.47. The van der Waals surface area contributed by atoms with E-state index in [0.717, 1.165) is 22.4 Å². The molecule has 158 valence electrons. The molecule has 31 heavy (non-hydrogen) atoms. The van der Waals surface area contributed by atoms with E-state index in [-0.39, 0.29) is 0 Å². The van der Waals surface area contributed by atoms with E-state index in [1.165, 1.54) is 0 Å². The highest BCUT2D eigenvalue weighted by Crippen LogP contribution is 2.27. The lowest BCUT2D eigenvalue weighted by Crippen LogP contribution is -2.36. The van der Waals surface area contributed by atoms with Gasteiger partial charge in [0.1, 0.15) is 6.54 Å². The summed E-state index contributed by atoms with van der Waals surface area (Å²) in [4.78, 5) is 20.4. The second-order valence-electron chi connectivity index (χ2n) is 6.86. The molecule has 0 unspecified atom stereocenters. The second kappa shape index (κ2) is 8.05. The number of pyridine rings is 1. The first-order chi connectivity index (χ1) is 14.8. The Bertz CT molecular complexity index is 1250. The Hall–Kier alpha value is -3.95. The molecule has 1 aromatic carbocycles. The Morgan fingerprint density at radius 2 is 1.90 bits per heavy atom. The Kier molecular flexibility index (Phi) is 5.28. The molecule has 0 radical (unpaired) electrons. The third-order valence-corrected chi connectivity index (χ3v) is 4.47. The van der Waals surface area contributed by atoms with Gasteiger partial charge in [-0.25, -0.2) is 14.3 Å². The van der Waals surface area contributed by atoms with Gasteiger partial charge in [-0.3, -0.25) is 4.98 Å². The number of fused-ring (bicyclic) bond motifs is 1. The summed E-state index contributed by atoms with van der Waals surface area (Å²) < 4.78 is 38.4. The van der Waals surface area contributed by atoms with Crippen LogP contribution in [0.1, 0.15) is 5.69 Å². The summed E-state index contributed by atoms with van der Waals surface area (Å²) in [5, 5.41) is 8.53. The molecule has 4 aromatic rings. The number of hydrogen-bond donors (Lipinski definition) is 2. The van der Waals surface area contributed by atoms with Gasteiger partial charge in [-0.15, -0.1) is 0 Å². The van der Waals surface area contributed by atoms with Crippen LogP contribution in [0.15, 0.2) is 61.2 Å². The van der Waals surface area contributed by atoms with E-state index in [0.29, 0.717) is 16.9 Å². The van der Waals surface area contributed by atoms with Crippen molar-refractivity contribution in [2.24, 2.45) is 0 Å². The predicted molar refractivity (Wildman–Crippen MR) is 109 cm³/mol. The Morgan fingerprint density at radius 3 is 2.68 bits per heavy atom. The number of nitrogens with zero attached hydrogens (tertiary/aromatic N) is 4. The maximum atomic E-state index is 12.2. The molecule has 0 atom stereocenters. The molecule has 2 N–H and O–H groups in total. The molecule has 4 rings (SSSR count). The summed E-state index contributed by atoms with van der Waals surface area (Å²) in [6.07, 6.45) is 2.49. The summed E-state index contributed by atoms with van der Waals surface area (Å²) in [6.45, 7) is 0.502. The number of carbonyl (C=O) groups excluding carboxylic acids is 1. The molecule has 0 saturated carbocycles. The van der Waals surface area contributed by atoms with E-state index in [4.69, 9.17) is 0 Å². The van der Waals surface area contributed by atoms with Crippen molar-refractivity contribution >= 4 is 17.4 Å². The molecule has 0 aliphatic rings. The van der Waals surface area contributed by atoms with Gasteiger partial charge in [-0.05, 0) is 42.3 Å². The number of anilines is 1. The monoisotopic (exact) mass is 426 g/mol. The fraction of sp³-hybridized carbons (Fsp3) is 0.143. The number of alkyl halides is 3. The molecule has 0 aliphatic heterocycles. The number of hydrogen-bond acceptors (Lipinski definition) is 4. The van der Waals surface area contributed by atoms with E-state index in [2.05, 4.69) is 20.4 Å². The fourth-order valence-electron chi connectivity index (χ4n) is 3.07. The predicted octanol–water partition coefficient (Wildman–Crippen LogP) is 4.45. The fourth-order valence-corrected chi connectivity index (χ4v) is 3.07. The molecule has 10 heteroatoms. The molecule has 7 nitrogen and oxygen atoms in total. The van der Waals surface area contributed by atoms with Crippen LogP contribution in [0.2, 0.25) is 0 Å². The highest BCUT2D eigenvalue weighted by molar-refractivity contribution is 5.90. The number of urea groups is 1. The molecule has 0 bridgehead atoms. The Labute approximate surface area is 175 Å². The summed E-state index contributed by atoms with van der Waals surface area (Å²) in [5.41, 5.74) is 5.12. The first-order valence-corrected chi connectivity index (χ1v) is 9.27. The van der Waals surface area contributed by atoms with E-state index < -0.39 is 18.8 Å². The minimum Gasteiger partial charge on any atom is -0.329 e. The molecule has 3 heterocycles. The number of aryl methyl sites for hydroxylation is 1. The quantitative estimate of drug-likeness (QED) is 0.505. The normalized spacial score (nSPS) is 11.5. The van der Waals surface area contributed by atoms with Crippen LogP contribution in [-0.2, 0) is 0 Å². The lowest BCUT2D eigenvalue weighted by atomic mass is 10.1. The van der Waals surface area contributed by atoms with Gasteiger partial charge < -0.3 is 10.6 Å².